The van der Waals surface area contributed by atoms with Crippen LogP contribution in [-0.2, 0) is 17.7 Å². The maximum absolute atomic E-state index is 13.5. The van der Waals surface area contributed by atoms with Crippen LogP contribution in [0, 0.1) is 0 Å². The van der Waals surface area contributed by atoms with E-state index in [-0.39, 0.29) is 11.5 Å². The molecule has 0 saturated carbocycles. The van der Waals surface area contributed by atoms with Crippen LogP contribution in [0.2, 0.25) is 0 Å². The second kappa shape index (κ2) is 11.8. The molecule has 0 aliphatic carbocycles. The molecule has 36 heavy (non-hydrogen) atoms. The molecule has 0 fully saturated rings. The van der Waals surface area contributed by atoms with Crippen molar-refractivity contribution in [3.05, 3.63) is 111 Å². The maximum Gasteiger partial charge on any atom is 0.261 e. The number of carbonyl (C=O) groups is 1. The molecule has 4 rings (SSSR count). The summed E-state index contributed by atoms with van der Waals surface area (Å²) in [5.41, 5.74) is 4.55. The molecule has 4 aromatic rings. The summed E-state index contributed by atoms with van der Waals surface area (Å²) in [7, 11) is 1.64. The van der Waals surface area contributed by atoms with Crippen LogP contribution in [0.1, 0.15) is 59.1 Å². The fraction of sp³-hybridized carbons (Fsp3) is 0.300. The highest BCUT2D eigenvalue weighted by atomic mass is 16.5. The molecule has 1 N–H and O–H groups in total. The van der Waals surface area contributed by atoms with Crippen molar-refractivity contribution in [2.75, 3.05) is 20.3 Å². The van der Waals surface area contributed by atoms with E-state index in [0.717, 1.165) is 23.4 Å². The number of ether oxygens (including phenoxy) is 1. The molecule has 0 atom stereocenters. The lowest BCUT2D eigenvalue weighted by Crippen LogP contribution is -2.26. The Labute approximate surface area is 212 Å². The lowest BCUT2D eigenvalue weighted by molar-refractivity contribution is 0.0948. The van der Waals surface area contributed by atoms with Gasteiger partial charge in [0.05, 0.1) is 17.4 Å². The first-order valence-corrected chi connectivity index (χ1v) is 12.4. The van der Waals surface area contributed by atoms with Gasteiger partial charge >= 0.3 is 0 Å². The van der Waals surface area contributed by atoms with Gasteiger partial charge in [0.1, 0.15) is 5.82 Å². The lowest BCUT2D eigenvalue weighted by Gasteiger charge is -2.15. The van der Waals surface area contributed by atoms with Gasteiger partial charge in [0.25, 0.3) is 11.5 Å². The predicted octanol–water partition coefficient (Wildman–Crippen LogP) is 4.93. The van der Waals surface area contributed by atoms with Crippen LogP contribution in [-0.4, -0.2) is 35.7 Å². The van der Waals surface area contributed by atoms with Gasteiger partial charge in [-0.25, -0.2) is 4.98 Å². The summed E-state index contributed by atoms with van der Waals surface area (Å²) in [6.45, 7) is 5.90. The number of amides is 1. The van der Waals surface area contributed by atoms with Crippen LogP contribution in [0.15, 0.2) is 77.6 Å². The Hall–Kier alpha value is -3.77. The van der Waals surface area contributed by atoms with Gasteiger partial charge in [-0.15, -0.1) is 0 Å². The molecule has 6 nitrogen and oxygen atoms in total. The first kappa shape index (κ1) is 25.3. The van der Waals surface area contributed by atoms with Crippen molar-refractivity contribution in [2.24, 2.45) is 0 Å². The fourth-order valence-electron chi connectivity index (χ4n) is 4.18. The van der Waals surface area contributed by atoms with E-state index in [4.69, 9.17) is 9.72 Å². The summed E-state index contributed by atoms with van der Waals surface area (Å²) in [5, 5.41) is 3.50. The number of nitrogens with zero attached hydrogens (tertiary/aromatic N) is 2. The monoisotopic (exact) mass is 483 g/mol. The van der Waals surface area contributed by atoms with E-state index in [0.29, 0.717) is 48.5 Å². The standard InChI is InChI=1S/C30H33N3O3/c1-21(2)24-13-9-22(10-14-24)19-28-32-27-8-5-4-7-26(27)30(35)33(28)20-23-11-15-25(16-12-23)29(34)31-17-6-18-36-3/h4-5,7-16,21H,6,17-20H2,1-3H3,(H,31,34). The number of methoxy groups -OCH3 is 1. The van der Waals surface area contributed by atoms with Crippen LogP contribution in [0.3, 0.4) is 0 Å². The Balaban J connectivity index is 1.60. The van der Waals surface area contributed by atoms with Crippen molar-refractivity contribution >= 4 is 16.8 Å². The molecule has 3 aromatic carbocycles. The average molecular weight is 484 g/mol. The molecule has 0 radical (unpaired) electrons. The molecule has 1 amide bonds. The molecule has 0 aliphatic heterocycles. The quantitative estimate of drug-likeness (QED) is 0.325. The van der Waals surface area contributed by atoms with Gasteiger partial charge in [-0.3, -0.25) is 14.2 Å². The number of nitrogens with one attached hydrogen (secondary N) is 1. The van der Waals surface area contributed by atoms with E-state index in [1.54, 1.807) is 23.8 Å². The normalized spacial score (nSPS) is 11.2. The van der Waals surface area contributed by atoms with Crippen LogP contribution in [0.4, 0.5) is 0 Å². The van der Waals surface area contributed by atoms with Gasteiger partial charge in [-0.1, -0.05) is 62.4 Å². The van der Waals surface area contributed by atoms with Gasteiger partial charge in [0.2, 0.25) is 0 Å². The third-order valence-electron chi connectivity index (χ3n) is 6.32. The van der Waals surface area contributed by atoms with E-state index < -0.39 is 0 Å². The Morgan fingerprint density at radius 1 is 0.972 bits per heavy atom. The highest BCUT2D eigenvalue weighted by molar-refractivity contribution is 5.94. The number of rotatable bonds is 10. The Morgan fingerprint density at radius 3 is 2.36 bits per heavy atom. The number of benzene rings is 3. The summed E-state index contributed by atoms with van der Waals surface area (Å²) in [4.78, 5) is 30.7. The van der Waals surface area contributed by atoms with Crippen molar-refractivity contribution in [1.29, 1.82) is 0 Å². The lowest BCUT2D eigenvalue weighted by atomic mass is 10.0. The van der Waals surface area contributed by atoms with Crippen molar-refractivity contribution < 1.29 is 9.53 Å². The highest BCUT2D eigenvalue weighted by Crippen LogP contribution is 2.18. The number of hydrogen-bond donors (Lipinski definition) is 1. The zero-order valence-electron chi connectivity index (χ0n) is 21.2. The third-order valence-corrected chi connectivity index (χ3v) is 6.32. The number of hydrogen-bond acceptors (Lipinski definition) is 4. The van der Waals surface area contributed by atoms with Crippen LogP contribution < -0.4 is 10.9 Å². The van der Waals surface area contributed by atoms with Gasteiger partial charge in [0, 0.05) is 32.2 Å². The molecule has 6 heteroatoms. The van der Waals surface area contributed by atoms with E-state index in [1.807, 2.05) is 36.4 Å². The molecule has 0 unspecified atom stereocenters. The minimum atomic E-state index is -0.118. The van der Waals surface area contributed by atoms with Crippen LogP contribution in [0.5, 0.6) is 0 Å². The first-order valence-electron chi connectivity index (χ1n) is 12.4. The summed E-state index contributed by atoms with van der Waals surface area (Å²) < 4.78 is 6.76. The summed E-state index contributed by atoms with van der Waals surface area (Å²) in [6.07, 6.45) is 1.32. The van der Waals surface area contributed by atoms with Crippen LogP contribution >= 0.6 is 0 Å². The summed E-state index contributed by atoms with van der Waals surface area (Å²) >= 11 is 0. The van der Waals surface area contributed by atoms with Crippen molar-refractivity contribution in [3.63, 3.8) is 0 Å². The molecule has 0 bridgehead atoms. The second-order valence-electron chi connectivity index (χ2n) is 9.31. The minimum absolute atomic E-state index is 0.0608. The predicted molar refractivity (Wildman–Crippen MR) is 144 cm³/mol. The maximum atomic E-state index is 13.5. The van der Waals surface area contributed by atoms with E-state index in [9.17, 15) is 9.59 Å². The number of aromatic nitrogens is 2. The van der Waals surface area contributed by atoms with E-state index >= 15 is 0 Å². The smallest absolute Gasteiger partial charge is 0.261 e. The first-order chi connectivity index (χ1) is 17.5. The third kappa shape index (κ3) is 6.07. The molecular formula is C30H33N3O3. The highest BCUT2D eigenvalue weighted by Gasteiger charge is 2.13. The molecule has 1 aromatic heterocycles. The summed E-state index contributed by atoms with van der Waals surface area (Å²) in [5.74, 6) is 1.06. The van der Waals surface area contributed by atoms with Gasteiger partial charge in [0.15, 0.2) is 0 Å². The van der Waals surface area contributed by atoms with Gasteiger partial charge < -0.3 is 10.1 Å². The largest absolute Gasteiger partial charge is 0.385 e. The zero-order valence-corrected chi connectivity index (χ0v) is 21.2. The molecule has 0 spiro atoms. The molecule has 186 valence electrons. The van der Waals surface area contributed by atoms with Gasteiger partial charge in [-0.05, 0) is 53.3 Å². The fourth-order valence-corrected chi connectivity index (χ4v) is 4.18. The Bertz CT molecular complexity index is 1370. The molecular weight excluding hydrogens is 450 g/mol. The SMILES string of the molecule is COCCCNC(=O)c1ccc(Cn2c(Cc3ccc(C(C)C)cc3)nc3ccccc3c2=O)cc1. The zero-order chi connectivity index (χ0) is 25.5. The topological polar surface area (TPSA) is 73.2 Å². The second-order valence-corrected chi connectivity index (χ2v) is 9.31. The van der Waals surface area contributed by atoms with E-state index in [2.05, 4.69) is 43.4 Å². The number of carbonyl (C=O) groups excluding carboxylic acids is 1. The Kier molecular flexibility index (Phi) is 8.28. The summed E-state index contributed by atoms with van der Waals surface area (Å²) in [6, 6.07) is 23.4. The van der Waals surface area contributed by atoms with Crippen molar-refractivity contribution in [1.82, 2.24) is 14.9 Å². The average Bonchev–Trinajstić information content (AvgIpc) is 2.89. The van der Waals surface area contributed by atoms with E-state index in [1.165, 1.54) is 5.56 Å². The van der Waals surface area contributed by atoms with Crippen LogP contribution in [0.25, 0.3) is 10.9 Å². The van der Waals surface area contributed by atoms with Gasteiger partial charge in [-0.2, -0.15) is 0 Å². The Morgan fingerprint density at radius 2 is 1.67 bits per heavy atom. The number of para-hydroxylation sites is 1. The van der Waals surface area contributed by atoms with Crippen molar-refractivity contribution in [3.8, 4) is 0 Å². The molecule has 1 heterocycles. The number of fused-ring (bicyclic) bond motifs is 1. The molecule has 0 aliphatic rings. The van der Waals surface area contributed by atoms with Crippen molar-refractivity contribution in [2.45, 2.75) is 39.2 Å². The minimum Gasteiger partial charge on any atom is -0.385 e. The molecule has 0 saturated heterocycles.